The number of ether oxygens (including phenoxy) is 1. The molecule has 2 N–H and O–H groups in total. The van der Waals surface area contributed by atoms with E-state index in [1.54, 1.807) is 37.3 Å². The molecule has 3 rings (SSSR count). The van der Waals surface area contributed by atoms with Crippen LogP contribution in [-0.4, -0.2) is 54.5 Å². The molecule has 0 spiro atoms. The molecule has 0 aliphatic carbocycles. The summed E-state index contributed by atoms with van der Waals surface area (Å²) in [5.74, 6) is -1.52. The second-order valence-corrected chi connectivity index (χ2v) is 10.1. The largest absolute Gasteiger partial charge is 0.451 e. The number of carbonyl (C=O) groups excluding carboxylic acids is 2. The average Bonchev–Trinajstić information content (AvgIpc) is 3.14. The Balaban J connectivity index is 1.75. The van der Waals surface area contributed by atoms with Crippen LogP contribution >= 0.6 is 11.6 Å². The maximum atomic E-state index is 13.2. The van der Waals surface area contributed by atoms with Gasteiger partial charge in [-0.25, -0.2) is 8.42 Å². The van der Waals surface area contributed by atoms with Gasteiger partial charge < -0.3 is 15.2 Å². The monoisotopic (exact) mass is 480 g/mol. The summed E-state index contributed by atoms with van der Waals surface area (Å²) >= 11 is 6.02. The number of nitrogens with one attached hydrogen (secondary N) is 1. The van der Waals surface area contributed by atoms with Gasteiger partial charge in [-0.1, -0.05) is 29.8 Å². The molecule has 32 heavy (non-hydrogen) atoms. The number of aryl methyl sites for hydroxylation is 2. The van der Waals surface area contributed by atoms with Gasteiger partial charge >= 0.3 is 5.97 Å². The predicted octanol–water partition coefficient (Wildman–Crippen LogP) is 2.65. The number of nitrogens with zero attached hydrogens (tertiary/aromatic N) is 1. The molecule has 2 aromatic rings. The highest BCUT2D eigenvalue weighted by molar-refractivity contribution is 7.89. The first-order chi connectivity index (χ1) is 15.0. The quantitative estimate of drug-likeness (QED) is 0.614. The van der Waals surface area contributed by atoms with E-state index in [0.717, 1.165) is 15.4 Å². The van der Waals surface area contributed by atoms with Crippen molar-refractivity contribution >= 4 is 39.2 Å². The third kappa shape index (κ3) is 5.12. The number of carbonyl (C=O) groups is 2. The van der Waals surface area contributed by atoms with Gasteiger partial charge in [-0.3, -0.25) is 9.59 Å². The first kappa shape index (κ1) is 24.2. The summed E-state index contributed by atoms with van der Waals surface area (Å²) in [5.41, 5.74) is 2.08. The number of aliphatic hydroxyl groups is 1. The van der Waals surface area contributed by atoms with Crippen molar-refractivity contribution < 1.29 is 27.9 Å². The Hall–Kier alpha value is -2.46. The van der Waals surface area contributed by atoms with Crippen LogP contribution in [0.1, 0.15) is 24.5 Å². The van der Waals surface area contributed by atoms with Crippen molar-refractivity contribution in [2.24, 2.45) is 0 Å². The van der Waals surface area contributed by atoms with E-state index in [0.29, 0.717) is 10.7 Å². The molecular weight excluding hydrogens is 456 g/mol. The Morgan fingerprint density at radius 1 is 1.19 bits per heavy atom. The van der Waals surface area contributed by atoms with Gasteiger partial charge in [0.05, 0.1) is 21.7 Å². The van der Waals surface area contributed by atoms with E-state index < -0.39 is 40.1 Å². The van der Waals surface area contributed by atoms with Crippen LogP contribution in [-0.2, 0) is 24.3 Å². The standard InChI is InChI=1S/C22H25ClN2O6S/c1-13-8-9-17(10-14(13)2)32(29,30)25-12-16(26)11-20(25)22(28)31-15(3)21(27)24-19-7-5-4-6-18(19)23/h4-10,15-16,20,26H,11-12H2,1-3H3,(H,24,27)/t15-,16+,20+/m0/s1. The number of halogens is 1. The lowest BCUT2D eigenvalue weighted by atomic mass is 10.1. The molecular formula is C22H25ClN2O6S. The highest BCUT2D eigenvalue weighted by Gasteiger charge is 2.45. The average molecular weight is 481 g/mol. The van der Waals surface area contributed by atoms with E-state index in [2.05, 4.69) is 5.32 Å². The number of rotatable bonds is 6. The van der Waals surface area contributed by atoms with Crippen LogP contribution in [0.3, 0.4) is 0 Å². The summed E-state index contributed by atoms with van der Waals surface area (Å²) in [5, 5.41) is 13.0. The molecule has 0 unspecified atom stereocenters. The van der Waals surface area contributed by atoms with Crippen LogP contribution < -0.4 is 5.32 Å². The van der Waals surface area contributed by atoms with E-state index in [1.165, 1.54) is 19.1 Å². The van der Waals surface area contributed by atoms with Gasteiger partial charge in [-0.15, -0.1) is 0 Å². The predicted molar refractivity (Wildman–Crippen MR) is 120 cm³/mol. The first-order valence-electron chi connectivity index (χ1n) is 10.0. The van der Waals surface area contributed by atoms with E-state index in [1.807, 2.05) is 6.92 Å². The molecule has 172 valence electrons. The summed E-state index contributed by atoms with van der Waals surface area (Å²) in [7, 11) is -4.06. The summed E-state index contributed by atoms with van der Waals surface area (Å²) in [6.45, 7) is 4.78. The molecule has 1 heterocycles. The van der Waals surface area contributed by atoms with Crippen molar-refractivity contribution in [3.05, 3.63) is 58.6 Å². The zero-order chi connectivity index (χ0) is 23.6. The zero-order valence-corrected chi connectivity index (χ0v) is 19.5. The van der Waals surface area contributed by atoms with Crippen molar-refractivity contribution in [3.63, 3.8) is 0 Å². The van der Waals surface area contributed by atoms with Gasteiger partial charge in [0, 0.05) is 13.0 Å². The van der Waals surface area contributed by atoms with Gasteiger partial charge in [0.25, 0.3) is 5.91 Å². The van der Waals surface area contributed by atoms with Crippen molar-refractivity contribution in [1.82, 2.24) is 4.31 Å². The third-order valence-electron chi connectivity index (χ3n) is 5.38. The number of β-amino-alcohol motifs (C(OH)–C–C–N with tert-alkyl or cyclic N) is 1. The molecule has 0 aromatic heterocycles. The Bertz CT molecular complexity index is 1140. The summed E-state index contributed by atoms with van der Waals surface area (Å²) in [6, 6.07) is 10.0. The minimum absolute atomic E-state index is 0.0250. The fraction of sp³-hybridized carbons (Fsp3) is 0.364. The van der Waals surface area contributed by atoms with Crippen LogP contribution in [0, 0.1) is 13.8 Å². The van der Waals surface area contributed by atoms with Crippen LogP contribution in [0.5, 0.6) is 0 Å². The molecule has 1 amide bonds. The molecule has 3 atom stereocenters. The number of hydrogen-bond donors (Lipinski definition) is 2. The van der Waals surface area contributed by atoms with Gasteiger partial charge in [-0.05, 0) is 56.2 Å². The summed E-state index contributed by atoms with van der Waals surface area (Å²) in [6.07, 6.45) is -2.36. The van der Waals surface area contributed by atoms with E-state index >= 15 is 0 Å². The summed E-state index contributed by atoms with van der Waals surface area (Å²) in [4.78, 5) is 25.2. The lowest BCUT2D eigenvalue weighted by Crippen LogP contribution is -2.43. The Labute approximate surface area is 192 Å². The number of amides is 1. The van der Waals surface area contributed by atoms with Gasteiger partial charge in [0.15, 0.2) is 6.10 Å². The van der Waals surface area contributed by atoms with Crippen LogP contribution in [0.15, 0.2) is 47.4 Å². The van der Waals surface area contributed by atoms with E-state index in [4.69, 9.17) is 16.3 Å². The number of sulfonamides is 1. The molecule has 1 fully saturated rings. The molecule has 1 aliphatic rings. The lowest BCUT2D eigenvalue weighted by molar-refractivity contribution is -0.156. The number of para-hydroxylation sites is 1. The topological polar surface area (TPSA) is 113 Å². The van der Waals surface area contributed by atoms with Crippen LogP contribution in [0.25, 0.3) is 0 Å². The van der Waals surface area contributed by atoms with Gasteiger partial charge in [0.1, 0.15) is 6.04 Å². The minimum Gasteiger partial charge on any atom is -0.451 e. The van der Waals surface area contributed by atoms with Crippen molar-refractivity contribution in [2.75, 3.05) is 11.9 Å². The van der Waals surface area contributed by atoms with Gasteiger partial charge in [-0.2, -0.15) is 4.31 Å². The first-order valence-corrected chi connectivity index (χ1v) is 11.9. The molecule has 2 aromatic carbocycles. The second-order valence-electron chi connectivity index (χ2n) is 7.77. The fourth-order valence-corrected chi connectivity index (χ4v) is 5.27. The number of esters is 1. The maximum absolute atomic E-state index is 13.2. The smallest absolute Gasteiger partial charge is 0.325 e. The highest BCUT2D eigenvalue weighted by Crippen LogP contribution is 2.29. The normalized spacial score (nSPS) is 20.0. The highest BCUT2D eigenvalue weighted by atomic mass is 35.5. The molecule has 1 aliphatic heterocycles. The zero-order valence-electron chi connectivity index (χ0n) is 17.9. The van der Waals surface area contributed by atoms with Crippen LogP contribution in [0.4, 0.5) is 5.69 Å². The molecule has 0 saturated carbocycles. The number of benzene rings is 2. The third-order valence-corrected chi connectivity index (χ3v) is 7.58. The number of hydrogen-bond acceptors (Lipinski definition) is 6. The van der Waals surface area contributed by atoms with Crippen LogP contribution in [0.2, 0.25) is 5.02 Å². The van der Waals surface area contributed by atoms with Crippen molar-refractivity contribution in [1.29, 1.82) is 0 Å². The fourth-order valence-electron chi connectivity index (χ4n) is 3.38. The molecule has 0 radical (unpaired) electrons. The Morgan fingerprint density at radius 2 is 1.88 bits per heavy atom. The van der Waals surface area contributed by atoms with Crippen molar-refractivity contribution in [2.45, 2.75) is 50.3 Å². The number of aliphatic hydroxyl groups excluding tert-OH is 1. The Kier molecular flexibility index (Phi) is 7.24. The van der Waals surface area contributed by atoms with Gasteiger partial charge in [0.2, 0.25) is 10.0 Å². The van der Waals surface area contributed by atoms with Crippen molar-refractivity contribution in [3.8, 4) is 0 Å². The SMILES string of the molecule is Cc1ccc(S(=O)(=O)N2C[C@H](O)C[C@@H]2C(=O)O[C@@H](C)C(=O)Nc2ccccc2Cl)cc1C. The molecule has 0 bridgehead atoms. The molecule has 8 nitrogen and oxygen atoms in total. The second kappa shape index (κ2) is 9.58. The lowest BCUT2D eigenvalue weighted by Gasteiger charge is -2.24. The maximum Gasteiger partial charge on any atom is 0.325 e. The number of anilines is 1. The summed E-state index contributed by atoms with van der Waals surface area (Å²) < 4.78 is 32.5. The molecule has 10 heteroatoms. The Morgan fingerprint density at radius 3 is 2.53 bits per heavy atom. The minimum atomic E-state index is -4.06. The van der Waals surface area contributed by atoms with E-state index in [9.17, 15) is 23.1 Å². The molecule has 1 saturated heterocycles. The van der Waals surface area contributed by atoms with E-state index in [-0.39, 0.29) is 17.9 Å².